The van der Waals surface area contributed by atoms with E-state index in [4.69, 9.17) is 23.2 Å². The molecule has 0 aliphatic rings. The van der Waals surface area contributed by atoms with Crippen molar-refractivity contribution in [3.05, 3.63) is 105 Å². The van der Waals surface area contributed by atoms with Crippen molar-refractivity contribution in [3.8, 4) is 0 Å². The third-order valence-corrected chi connectivity index (χ3v) is 4.13. The molecule has 0 fully saturated rings. The highest BCUT2D eigenvalue weighted by molar-refractivity contribution is 6.31. The van der Waals surface area contributed by atoms with Crippen LogP contribution in [0.2, 0.25) is 10.0 Å². The van der Waals surface area contributed by atoms with Crippen molar-refractivity contribution < 1.29 is 9.59 Å². The summed E-state index contributed by atoms with van der Waals surface area (Å²) in [6, 6.07) is 20.0. The third kappa shape index (κ3) is 3.56. The largest absolute Gasteiger partial charge is 0.289 e. The van der Waals surface area contributed by atoms with Crippen molar-refractivity contribution in [2.75, 3.05) is 0 Å². The number of benzene rings is 3. The van der Waals surface area contributed by atoms with Crippen molar-refractivity contribution in [2.24, 2.45) is 0 Å². The van der Waals surface area contributed by atoms with Crippen LogP contribution in [0.1, 0.15) is 31.8 Å². The summed E-state index contributed by atoms with van der Waals surface area (Å²) in [6.45, 7) is 0. The van der Waals surface area contributed by atoms with E-state index in [2.05, 4.69) is 0 Å². The molecular weight excluding hydrogens is 343 g/mol. The summed E-state index contributed by atoms with van der Waals surface area (Å²) in [6.07, 6.45) is 0. The maximum absolute atomic E-state index is 12.4. The smallest absolute Gasteiger partial charge is 0.193 e. The predicted octanol–water partition coefficient (Wildman–Crippen LogP) is 5.46. The quantitative estimate of drug-likeness (QED) is 0.583. The van der Waals surface area contributed by atoms with Gasteiger partial charge in [0, 0.05) is 32.3 Å². The van der Waals surface area contributed by atoms with Gasteiger partial charge in [-0.15, -0.1) is 0 Å². The molecule has 0 unspecified atom stereocenters. The van der Waals surface area contributed by atoms with E-state index in [1.165, 1.54) is 0 Å². The molecule has 0 radical (unpaired) electrons. The molecule has 0 bridgehead atoms. The van der Waals surface area contributed by atoms with Crippen LogP contribution in [0.3, 0.4) is 0 Å². The molecule has 0 aliphatic carbocycles. The van der Waals surface area contributed by atoms with E-state index < -0.39 is 0 Å². The first-order valence-electron chi connectivity index (χ1n) is 7.25. The minimum Gasteiger partial charge on any atom is -0.289 e. The predicted molar refractivity (Wildman–Crippen MR) is 96.2 cm³/mol. The summed E-state index contributed by atoms with van der Waals surface area (Å²) in [5.74, 6) is -0.227. The van der Waals surface area contributed by atoms with Gasteiger partial charge in [-0.05, 0) is 48.5 Å². The Morgan fingerprint density at radius 2 is 0.667 bits per heavy atom. The zero-order chi connectivity index (χ0) is 17.1. The van der Waals surface area contributed by atoms with Crippen molar-refractivity contribution >= 4 is 34.8 Å². The molecule has 118 valence electrons. The molecule has 0 amide bonds. The number of rotatable bonds is 4. The molecule has 0 heterocycles. The summed E-state index contributed by atoms with van der Waals surface area (Å²) in [5.41, 5.74) is 2.14. The van der Waals surface area contributed by atoms with Gasteiger partial charge in [0.05, 0.1) is 0 Å². The Morgan fingerprint density at radius 3 is 0.917 bits per heavy atom. The standard InChI is InChI=1S/C20H12Cl2O2/c21-17-9-5-15(6-10-17)19(23)13-1-2-14(4-3-13)20(24)16-7-11-18(22)12-8-16/h1-12H. The Balaban J connectivity index is 1.82. The summed E-state index contributed by atoms with van der Waals surface area (Å²) < 4.78 is 0. The molecule has 0 aromatic heterocycles. The first-order chi connectivity index (χ1) is 11.5. The van der Waals surface area contributed by atoms with Crippen molar-refractivity contribution in [1.82, 2.24) is 0 Å². The second kappa shape index (κ2) is 7.00. The minimum absolute atomic E-state index is 0.114. The van der Waals surface area contributed by atoms with Gasteiger partial charge in [-0.1, -0.05) is 47.5 Å². The van der Waals surface area contributed by atoms with Gasteiger partial charge in [0.15, 0.2) is 11.6 Å². The average molecular weight is 355 g/mol. The fraction of sp³-hybridized carbons (Fsp3) is 0. The number of carbonyl (C=O) groups is 2. The molecule has 0 saturated carbocycles. The van der Waals surface area contributed by atoms with E-state index in [-0.39, 0.29) is 11.6 Å². The Labute approximate surface area is 149 Å². The number of hydrogen-bond donors (Lipinski definition) is 0. The lowest BCUT2D eigenvalue weighted by Crippen LogP contribution is -2.04. The third-order valence-electron chi connectivity index (χ3n) is 3.62. The monoisotopic (exact) mass is 354 g/mol. The molecule has 3 aromatic carbocycles. The van der Waals surface area contributed by atoms with Crippen LogP contribution >= 0.6 is 23.2 Å². The molecule has 0 N–H and O–H groups in total. The second-order valence-electron chi connectivity index (χ2n) is 5.25. The molecule has 24 heavy (non-hydrogen) atoms. The Kier molecular flexibility index (Phi) is 4.79. The topological polar surface area (TPSA) is 34.1 Å². The van der Waals surface area contributed by atoms with Crippen LogP contribution in [0.4, 0.5) is 0 Å². The van der Waals surface area contributed by atoms with Gasteiger partial charge in [-0.2, -0.15) is 0 Å². The first kappa shape index (κ1) is 16.4. The number of ketones is 2. The maximum atomic E-state index is 12.4. The zero-order valence-electron chi connectivity index (χ0n) is 12.5. The van der Waals surface area contributed by atoms with Gasteiger partial charge in [-0.3, -0.25) is 9.59 Å². The fourth-order valence-corrected chi connectivity index (χ4v) is 2.56. The van der Waals surface area contributed by atoms with Crippen LogP contribution in [0, 0.1) is 0 Å². The molecular formula is C20H12Cl2O2. The van der Waals surface area contributed by atoms with E-state index >= 15 is 0 Å². The Morgan fingerprint density at radius 1 is 0.458 bits per heavy atom. The SMILES string of the molecule is O=C(c1ccc(Cl)cc1)c1ccc(C(=O)c2ccc(Cl)cc2)cc1. The van der Waals surface area contributed by atoms with E-state index in [0.717, 1.165) is 0 Å². The molecule has 3 aromatic rings. The maximum Gasteiger partial charge on any atom is 0.193 e. The molecule has 0 spiro atoms. The summed E-state index contributed by atoms with van der Waals surface area (Å²) in [7, 11) is 0. The van der Waals surface area contributed by atoms with Gasteiger partial charge in [0.2, 0.25) is 0 Å². The van der Waals surface area contributed by atoms with E-state index in [0.29, 0.717) is 32.3 Å². The van der Waals surface area contributed by atoms with E-state index in [9.17, 15) is 9.59 Å². The van der Waals surface area contributed by atoms with Crippen LogP contribution in [-0.2, 0) is 0 Å². The highest BCUT2D eigenvalue weighted by atomic mass is 35.5. The fourth-order valence-electron chi connectivity index (χ4n) is 2.31. The van der Waals surface area contributed by atoms with Crippen LogP contribution in [0.15, 0.2) is 72.8 Å². The summed E-state index contributed by atoms with van der Waals surface area (Å²) in [5, 5.41) is 1.16. The van der Waals surface area contributed by atoms with Crippen LogP contribution in [-0.4, -0.2) is 11.6 Å². The van der Waals surface area contributed by atoms with Gasteiger partial charge in [0.1, 0.15) is 0 Å². The van der Waals surface area contributed by atoms with Gasteiger partial charge >= 0.3 is 0 Å². The molecule has 3 rings (SSSR count). The van der Waals surface area contributed by atoms with E-state index in [1.807, 2.05) is 0 Å². The van der Waals surface area contributed by atoms with Crippen molar-refractivity contribution in [3.63, 3.8) is 0 Å². The lowest BCUT2D eigenvalue weighted by molar-refractivity contribution is 0.102. The first-order valence-corrected chi connectivity index (χ1v) is 8.01. The molecule has 2 nitrogen and oxygen atoms in total. The summed E-state index contributed by atoms with van der Waals surface area (Å²) >= 11 is 11.7. The van der Waals surface area contributed by atoms with Gasteiger partial charge in [0.25, 0.3) is 0 Å². The summed E-state index contributed by atoms with van der Waals surface area (Å²) in [4.78, 5) is 24.8. The molecule has 4 heteroatoms. The van der Waals surface area contributed by atoms with Crippen LogP contribution in [0.25, 0.3) is 0 Å². The van der Waals surface area contributed by atoms with Crippen LogP contribution in [0.5, 0.6) is 0 Å². The Hall–Kier alpha value is -2.42. The Bertz CT molecular complexity index is 804. The van der Waals surface area contributed by atoms with Gasteiger partial charge < -0.3 is 0 Å². The van der Waals surface area contributed by atoms with Gasteiger partial charge in [-0.25, -0.2) is 0 Å². The highest BCUT2D eigenvalue weighted by Gasteiger charge is 2.12. The van der Waals surface area contributed by atoms with Crippen molar-refractivity contribution in [1.29, 1.82) is 0 Å². The van der Waals surface area contributed by atoms with Crippen molar-refractivity contribution in [2.45, 2.75) is 0 Å². The molecule has 0 aliphatic heterocycles. The normalized spacial score (nSPS) is 10.4. The molecule has 0 saturated heterocycles. The minimum atomic E-state index is -0.114. The number of carbonyl (C=O) groups excluding carboxylic acids is 2. The highest BCUT2D eigenvalue weighted by Crippen LogP contribution is 2.17. The lowest BCUT2D eigenvalue weighted by Gasteiger charge is -2.04. The molecule has 0 atom stereocenters. The van der Waals surface area contributed by atoms with Crippen LogP contribution < -0.4 is 0 Å². The average Bonchev–Trinajstić information content (AvgIpc) is 2.62. The lowest BCUT2D eigenvalue weighted by atomic mass is 9.99. The zero-order valence-corrected chi connectivity index (χ0v) is 14.0. The van der Waals surface area contributed by atoms with E-state index in [1.54, 1.807) is 72.8 Å². The number of halogens is 2. The second-order valence-corrected chi connectivity index (χ2v) is 6.12. The number of hydrogen-bond acceptors (Lipinski definition) is 2.